The van der Waals surface area contributed by atoms with Gasteiger partial charge in [-0.25, -0.2) is 0 Å². The maximum Gasteiger partial charge on any atom is 0.269 e. The van der Waals surface area contributed by atoms with Crippen molar-refractivity contribution in [3.05, 3.63) is 75.3 Å². The maximum absolute atomic E-state index is 12.6. The zero-order chi connectivity index (χ0) is 20.0. The molecule has 0 aliphatic carbocycles. The fourth-order valence-electron chi connectivity index (χ4n) is 2.76. The van der Waals surface area contributed by atoms with E-state index < -0.39 is 11.0 Å². The lowest BCUT2D eigenvalue weighted by Crippen LogP contribution is -2.33. The first-order chi connectivity index (χ1) is 12.8. The van der Waals surface area contributed by atoms with Crippen LogP contribution in [-0.4, -0.2) is 28.7 Å². The van der Waals surface area contributed by atoms with Crippen LogP contribution in [0, 0.1) is 17.0 Å². The Morgan fingerprint density at radius 2 is 1.85 bits per heavy atom. The molecule has 0 saturated carbocycles. The summed E-state index contributed by atoms with van der Waals surface area (Å²) < 4.78 is 0. The van der Waals surface area contributed by atoms with E-state index in [2.05, 4.69) is 5.32 Å². The average Bonchev–Trinajstić information content (AvgIpc) is 2.61. The summed E-state index contributed by atoms with van der Waals surface area (Å²) in [5.74, 6) is -0.379. The molecule has 2 amide bonds. The number of nitro benzene ring substituents is 1. The van der Waals surface area contributed by atoms with Crippen molar-refractivity contribution < 1.29 is 14.5 Å². The molecule has 0 aliphatic rings. The van der Waals surface area contributed by atoms with E-state index >= 15 is 0 Å². The fourth-order valence-corrected chi connectivity index (χ4v) is 2.76. The highest BCUT2D eigenvalue weighted by Gasteiger charge is 2.20. The molecule has 0 heterocycles. The van der Waals surface area contributed by atoms with Gasteiger partial charge in [-0.15, -0.1) is 0 Å². The fraction of sp³-hybridized carbons (Fsp3) is 0.300. The molecule has 2 rings (SSSR count). The first-order valence-corrected chi connectivity index (χ1v) is 8.57. The van der Waals surface area contributed by atoms with Gasteiger partial charge >= 0.3 is 0 Å². The maximum atomic E-state index is 12.6. The number of benzene rings is 2. The molecule has 7 heteroatoms. The Morgan fingerprint density at radius 3 is 2.44 bits per heavy atom. The molecule has 0 aromatic heterocycles. The summed E-state index contributed by atoms with van der Waals surface area (Å²) in [4.78, 5) is 36.1. The molecule has 0 radical (unpaired) electrons. The largest absolute Gasteiger partial charge is 0.349 e. The van der Waals surface area contributed by atoms with Crippen LogP contribution in [0.1, 0.15) is 36.1 Å². The van der Waals surface area contributed by atoms with Gasteiger partial charge in [0.05, 0.1) is 17.4 Å². The number of hydrogen-bond acceptors (Lipinski definition) is 4. The third-order valence-electron chi connectivity index (χ3n) is 4.20. The number of nitrogens with one attached hydrogen (secondary N) is 1. The summed E-state index contributed by atoms with van der Waals surface area (Å²) >= 11 is 0. The molecule has 2 aromatic carbocycles. The van der Waals surface area contributed by atoms with Gasteiger partial charge in [-0.3, -0.25) is 19.7 Å². The van der Waals surface area contributed by atoms with Gasteiger partial charge in [0, 0.05) is 32.6 Å². The van der Waals surface area contributed by atoms with Gasteiger partial charge in [0.25, 0.3) is 5.69 Å². The molecule has 7 nitrogen and oxygen atoms in total. The van der Waals surface area contributed by atoms with Crippen LogP contribution in [-0.2, 0) is 16.1 Å². The molecule has 0 spiro atoms. The zero-order valence-electron chi connectivity index (χ0n) is 15.6. The first kappa shape index (κ1) is 20.1. The molecule has 1 N–H and O–H groups in total. The lowest BCUT2D eigenvalue weighted by atomic mass is 10.0. The monoisotopic (exact) mass is 369 g/mol. The number of non-ortho nitro benzene ring substituents is 1. The molecular weight excluding hydrogens is 346 g/mol. The van der Waals surface area contributed by atoms with Gasteiger partial charge in [0.2, 0.25) is 11.8 Å². The summed E-state index contributed by atoms with van der Waals surface area (Å²) in [5.41, 5.74) is 2.61. The molecule has 2 aromatic rings. The molecule has 0 aliphatic heterocycles. The van der Waals surface area contributed by atoms with E-state index in [4.69, 9.17) is 0 Å². The SMILES string of the molecule is CC(=O)NC(CC(=O)N(C)Cc1cccc([N+](=O)[O-])c1)c1ccc(C)cc1. The van der Waals surface area contributed by atoms with E-state index in [1.165, 1.54) is 24.0 Å². The van der Waals surface area contributed by atoms with E-state index in [9.17, 15) is 19.7 Å². The number of amides is 2. The van der Waals surface area contributed by atoms with Crippen LogP contribution in [0.2, 0.25) is 0 Å². The molecule has 142 valence electrons. The quantitative estimate of drug-likeness (QED) is 0.599. The smallest absolute Gasteiger partial charge is 0.269 e. The van der Waals surface area contributed by atoms with Crippen molar-refractivity contribution in [1.82, 2.24) is 10.2 Å². The van der Waals surface area contributed by atoms with Crippen molar-refractivity contribution in [2.24, 2.45) is 0 Å². The van der Waals surface area contributed by atoms with Crippen molar-refractivity contribution in [1.29, 1.82) is 0 Å². The van der Waals surface area contributed by atoms with Gasteiger partial charge in [-0.1, -0.05) is 42.0 Å². The standard InChI is InChI=1S/C20H23N3O4/c1-14-7-9-17(10-8-14)19(21-15(2)24)12-20(25)22(3)13-16-5-4-6-18(11-16)23(26)27/h4-11,19H,12-13H2,1-3H3,(H,21,24). The van der Waals surface area contributed by atoms with Crippen molar-refractivity contribution in [2.45, 2.75) is 32.9 Å². The van der Waals surface area contributed by atoms with Crippen LogP contribution >= 0.6 is 0 Å². The number of nitro groups is 1. The summed E-state index contributed by atoms with van der Waals surface area (Å²) in [6, 6.07) is 13.4. The number of carbonyl (C=O) groups excluding carboxylic acids is 2. The van der Waals surface area contributed by atoms with E-state index in [0.717, 1.165) is 11.1 Å². The lowest BCUT2D eigenvalue weighted by Gasteiger charge is -2.23. The van der Waals surface area contributed by atoms with Crippen LogP contribution < -0.4 is 5.32 Å². The first-order valence-electron chi connectivity index (χ1n) is 8.57. The summed E-state index contributed by atoms with van der Waals surface area (Å²) in [6.07, 6.45) is 0.105. The van der Waals surface area contributed by atoms with Crippen molar-refractivity contribution in [3.8, 4) is 0 Å². The highest BCUT2D eigenvalue weighted by Crippen LogP contribution is 2.20. The second-order valence-electron chi connectivity index (χ2n) is 6.54. The Balaban J connectivity index is 2.09. The Bertz CT molecular complexity index is 833. The van der Waals surface area contributed by atoms with Gasteiger partial charge in [0.1, 0.15) is 0 Å². The topological polar surface area (TPSA) is 92.6 Å². The number of hydrogen-bond donors (Lipinski definition) is 1. The van der Waals surface area contributed by atoms with Crippen molar-refractivity contribution >= 4 is 17.5 Å². The third kappa shape index (κ3) is 5.91. The number of carbonyl (C=O) groups is 2. The van der Waals surface area contributed by atoms with Crippen molar-refractivity contribution in [3.63, 3.8) is 0 Å². The Morgan fingerprint density at radius 1 is 1.19 bits per heavy atom. The molecule has 0 bridgehead atoms. The molecule has 27 heavy (non-hydrogen) atoms. The second kappa shape index (κ2) is 8.93. The Hall–Kier alpha value is -3.22. The predicted molar refractivity (Wildman–Crippen MR) is 102 cm³/mol. The summed E-state index contributed by atoms with van der Waals surface area (Å²) in [5, 5.41) is 13.7. The van der Waals surface area contributed by atoms with Crippen LogP contribution in [0.5, 0.6) is 0 Å². The number of nitrogens with zero attached hydrogens (tertiary/aromatic N) is 2. The van der Waals surface area contributed by atoms with Gasteiger partial charge in [-0.2, -0.15) is 0 Å². The second-order valence-corrected chi connectivity index (χ2v) is 6.54. The normalized spacial score (nSPS) is 11.5. The number of aryl methyl sites for hydroxylation is 1. The molecule has 1 unspecified atom stereocenters. The Kier molecular flexibility index (Phi) is 6.65. The minimum atomic E-state index is -0.463. The highest BCUT2D eigenvalue weighted by atomic mass is 16.6. The molecule has 0 fully saturated rings. The van der Waals surface area contributed by atoms with Crippen molar-refractivity contribution in [2.75, 3.05) is 7.05 Å². The summed E-state index contributed by atoms with van der Waals surface area (Å²) in [6.45, 7) is 3.63. The summed E-state index contributed by atoms with van der Waals surface area (Å²) in [7, 11) is 1.64. The Labute approximate surface area is 158 Å². The van der Waals surface area contributed by atoms with Crippen LogP contribution in [0.3, 0.4) is 0 Å². The van der Waals surface area contributed by atoms with Crippen LogP contribution in [0.15, 0.2) is 48.5 Å². The van der Waals surface area contributed by atoms with Gasteiger partial charge in [-0.05, 0) is 18.1 Å². The van der Waals surface area contributed by atoms with E-state index in [1.54, 1.807) is 19.2 Å². The van der Waals surface area contributed by atoms with Crippen LogP contribution in [0.4, 0.5) is 5.69 Å². The van der Waals surface area contributed by atoms with E-state index in [1.807, 2.05) is 31.2 Å². The molecule has 1 atom stereocenters. The van der Waals surface area contributed by atoms with Gasteiger partial charge < -0.3 is 10.2 Å². The minimum absolute atomic E-state index is 0.0101. The minimum Gasteiger partial charge on any atom is -0.349 e. The lowest BCUT2D eigenvalue weighted by molar-refractivity contribution is -0.384. The number of rotatable bonds is 7. The average molecular weight is 369 g/mol. The predicted octanol–water partition coefficient (Wildman–Crippen LogP) is 3.13. The highest BCUT2D eigenvalue weighted by molar-refractivity contribution is 5.79. The molecule has 0 saturated heterocycles. The van der Waals surface area contributed by atoms with E-state index in [-0.39, 0.29) is 30.5 Å². The third-order valence-corrected chi connectivity index (χ3v) is 4.20. The van der Waals surface area contributed by atoms with Crippen LogP contribution in [0.25, 0.3) is 0 Å². The zero-order valence-corrected chi connectivity index (χ0v) is 15.6. The molecular formula is C20H23N3O4. The van der Waals surface area contributed by atoms with E-state index in [0.29, 0.717) is 5.56 Å². The van der Waals surface area contributed by atoms with Gasteiger partial charge in [0.15, 0.2) is 0 Å².